The first kappa shape index (κ1) is 21.8. The van der Waals surface area contributed by atoms with E-state index in [9.17, 15) is 9.59 Å². The summed E-state index contributed by atoms with van der Waals surface area (Å²) in [5.41, 5.74) is 0.995. The van der Waals surface area contributed by atoms with Gasteiger partial charge in [0.25, 0.3) is 5.91 Å². The lowest BCUT2D eigenvalue weighted by Gasteiger charge is -2.37. The minimum atomic E-state index is -0.0197. The molecule has 0 spiro atoms. The number of amides is 2. The third-order valence-corrected chi connectivity index (χ3v) is 8.73. The van der Waals surface area contributed by atoms with Crippen molar-refractivity contribution in [1.29, 1.82) is 0 Å². The van der Waals surface area contributed by atoms with Gasteiger partial charge in [0.15, 0.2) is 0 Å². The third-order valence-electron chi connectivity index (χ3n) is 6.84. The summed E-state index contributed by atoms with van der Waals surface area (Å²) < 4.78 is 0. The van der Waals surface area contributed by atoms with Crippen molar-refractivity contribution >= 4 is 40.2 Å². The van der Waals surface area contributed by atoms with Crippen molar-refractivity contribution in [2.75, 3.05) is 32.7 Å². The molecule has 2 aromatic rings. The van der Waals surface area contributed by atoms with Crippen LogP contribution >= 0.6 is 22.7 Å². The minimum Gasteiger partial charge on any atom is -0.340 e. The van der Waals surface area contributed by atoms with Gasteiger partial charge in [-0.05, 0) is 35.7 Å². The van der Waals surface area contributed by atoms with E-state index in [4.69, 9.17) is 5.10 Å². The van der Waals surface area contributed by atoms with Crippen molar-refractivity contribution < 1.29 is 9.59 Å². The first-order valence-corrected chi connectivity index (χ1v) is 13.4. The molecule has 3 aliphatic rings. The highest BCUT2D eigenvalue weighted by Gasteiger charge is 2.35. The van der Waals surface area contributed by atoms with Crippen LogP contribution in [0.25, 0.3) is 0 Å². The SMILES string of the molecule is O=C(C1CCCCC1)N1CCN(CC(=O)N2N=C(c3cccs3)CC2c2cccs2)CC1. The highest BCUT2D eigenvalue weighted by Crippen LogP contribution is 2.36. The fourth-order valence-electron chi connectivity index (χ4n) is 5.03. The summed E-state index contributed by atoms with van der Waals surface area (Å²) >= 11 is 3.35. The predicted octanol–water partition coefficient (Wildman–Crippen LogP) is 4.21. The Balaban J connectivity index is 1.20. The van der Waals surface area contributed by atoms with Gasteiger partial charge < -0.3 is 4.90 Å². The number of carbonyl (C=O) groups is 2. The number of hydrazone groups is 1. The molecular formula is C24H30N4O2S2. The Kier molecular flexibility index (Phi) is 6.71. The number of piperazine rings is 1. The number of rotatable bonds is 5. The Hall–Kier alpha value is -2.03. The number of thiophene rings is 2. The maximum Gasteiger partial charge on any atom is 0.257 e. The van der Waals surface area contributed by atoms with E-state index >= 15 is 0 Å². The molecule has 1 unspecified atom stereocenters. The summed E-state index contributed by atoms with van der Waals surface area (Å²) in [4.78, 5) is 32.6. The van der Waals surface area contributed by atoms with Crippen LogP contribution in [-0.4, -0.2) is 65.1 Å². The maximum absolute atomic E-state index is 13.3. The first-order valence-electron chi connectivity index (χ1n) is 11.7. The largest absolute Gasteiger partial charge is 0.340 e. The molecule has 5 rings (SSSR count). The molecule has 0 bridgehead atoms. The van der Waals surface area contributed by atoms with Gasteiger partial charge in [0, 0.05) is 43.4 Å². The normalized spacial score (nSPS) is 22.9. The smallest absolute Gasteiger partial charge is 0.257 e. The van der Waals surface area contributed by atoms with Gasteiger partial charge in [-0.3, -0.25) is 14.5 Å². The molecule has 2 aromatic heterocycles. The quantitative estimate of drug-likeness (QED) is 0.658. The summed E-state index contributed by atoms with van der Waals surface area (Å²) in [5.74, 6) is 0.596. The zero-order valence-electron chi connectivity index (χ0n) is 18.3. The molecule has 1 atom stereocenters. The second-order valence-corrected chi connectivity index (χ2v) is 10.9. The second kappa shape index (κ2) is 9.85. The van der Waals surface area contributed by atoms with Crippen LogP contribution in [0.15, 0.2) is 40.1 Å². The molecule has 2 amide bonds. The maximum atomic E-state index is 13.3. The van der Waals surface area contributed by atoms with Crippen molar-refractivity contribution in [1.82, 2.24) is 14.8 Å². The Morgan fingerprint density at radius 1 is 0.969 bits per heavy atom. The van der Waals surface area contributed by atoms with Gasteiger partial charge in [0.2, 0.25) is 5.91 Å². The summed E-state index contributed by atoms with van der Waals surface area (Å²) in [6.45, 7) is 3.31. The average Bonchev–Trinajstić information content (AvgIpc) is 3.61. The van der Waals surface area contributed by atoms with Gasteiger partial charge in [-0.2, -0.15) is 5.10 Å². The van der Waals surface area contributed by atoms with E-state index in [1.54, 1.807) is 27.7 Å². The molecule has 0 radical (unpaired) electrons. The summed E-state index contributed by atoms with van der Waals surface area (Å²) in [6, 6.07) is 8.22. The summed E-state index contributed by atoms with van der Waals surface area (Å²) in [6.07, 6.45) is 6.47. The lowest BCUT2D eigenvalue weighted by molar-refractivity contribution is -0.139. The van der Waals surface area contributed by atoms with Crippen molar-refractivity contribution in [3.05, 3.63) is 44.8 Å². The van der Waals surface area contributed by atoms with E-state index in [0.29, 0.717) is 12.5 Å². The molecule has 1 aliphatic carbocycles. The van der Waals surface area contributed by atoms with Crippen LogP contribution in [0.4, 0.5) is 0 Å². The Morgan fingerprint density at radius 3 is 2.41 bits per heavy atom. The van der Waals surface area contributed by atoms with E-state index < -0.39 is 0 Å². The van der Waals surface area contributed by atoms with Gasteiger partial charge in [0.05, 0.1) is 23.2 Å². The van der Waals surface area contributed by atoms with E-state index in [2.05, 4.69) is 27.8 Å². The Labute approximate surface area is 197 Å². The molecule has 6 nitrogen and oxygen atoms in total. The molecule has 170 valence electrons. The van der Waals surface area contributed by atoms with Gasteiger partial charge in [0.1, 0.15) is 0 Å². The lowest BCUT2D eigenvalue weighted by atomic mass is 9.88. The molecular weight excluding hydrogens is 440 g/mol. The fraction of sp³-hybridized carbons (Fsp3) is 0.542. The van der Waals surface area contributed by atoms with E-state index in [0.717, 1.165) is 56.0 Å². The molecule has 2 aliphatic heterocycles. The zero-order valence-corrected chi connectivity index (χ0v) is 20.0. The van der Waals surface area contributed by atoms with Crippen molar-refractivity contribution in [2.45, 2.75) is 44.6 Å². The van der Waals surface area contributed by atoms with Crippen molar-refractivity contribution in [3.63, 3.8) is 0 Å². The molecule has 2 fully saturated rings. The van der Waals surface area contributed by atoms with Crippen LogP contribution in [0.5, 0.6) is 0 Å². The monoisotopic (exact) mass is 470 g/mol. The van der Waals surface area contributed by atoms with E-state index in [-0.39, 0.29) is 17.9 Å². The van der Waals surface area contributed by atoms with E-state index in [1.807, 2.05) is 17.0 Å². The molecule has 1 saturated carbocycles. The number of carbonyl (C=O) groups excluding carboxylic acids is 2. The molecule has 1 saturated heterocycles. The van der Waals surface area contributed by atoms with Crippen LogP contribution < -0.4 is 0 Å². The molecule has 8 heteroatoms. The third kappa shape index (κ3) is 4.67. The Bertz CT molecular complexity index is 943. The zero-order chi connectivity index (χ0) is 21.9. The molecule has 0 N–H and O–H groups in total. The minimum absolute atomic E-state index is 0.0197. The van der Waals surface area contributed by atoms with Gasteiger partial charge in [-0.25, -0.2) is 5.01 Å². The average molecular weight is 471 g/mol. The van der Waals surface area contributed by atoms with Gasteiger partial charge in [-0.1, -0.05) is 31.4 Å². The standard InChI is InChI=1S/C24H30N4O2S2/c29-23(17-26-10-12-27(13-11-26)24(30)18-6-2-1-3-7-18)28-20(22-9-5-15-32-22)16-19(25-28)21-8-4-14-31-21/h4-5,8-9,14-15,18,20H,1-3,6-7,10-13,16-17H2. The lowest BCUT2D eigenvalue weighted by Crippen LogP contribution is -2.52. The Morgan fingerprint density at radius 2 is 1.72 bits per heavy atom. The van der Waals surface area contributed by atoms with Crippen LogP contribution in [0.2, 0.25) is 0 Å². The van der Waals surface area contributed by atoms with Crippen molar-refractivity contribution in [2.24, 2.45) is 11.0 Å². The molecule has 0 aromatic carbocycles. The first-order chi connectivity index (χ1) is 15.7. The molecule has 4 heterocycles. The number of nitrogens with zero attached hydrogens (tertiary/aromatic N) is 4. The van der Waals surface area contributed by atoms with Gasteiger partial charge in [-0.15, -0.1) is 22.7 Å². The summed E-state index contributed by atoms with van der Waals surface area (Å²) in [5, 5.41) is 10.6. The van der Waals surface area contributed by atoms with Crippen LogP contribution in [0, 0.1) is 5.92 Å². The highest BCUT2D eigenvalue weighted by atomic mass is 32.1. The second-order valence-electron chi connectivity index (χ2n) is 8.93. The number of hydrogen-bond donors (Lipinski definition) is 0. The predicted molar refractivity (Wildman–Crippen MR) is 129 cm³/mol. The van der Waals surface area contributed by atoms with Crippen molar-refractivity contribution in [3.8, 4) is 0 Å². The topological polar surface area (TPSA) is 56.2 Å². The van der Waals surface area contributed by atoms with Crippen LogP contribution in [0.3, 0.4) is 0 Å². The number of hydrogen-bond acceptors (Lipinski definition) is 6. The van der Waals surface area contributed by atoms with Gasteiger partial charge >= 0.3 is 0 Å². The highest BCUT2D eigenvalue weighted by molar-refractivity contribution is 7.12. The van der Waals surface area contributed by atoms with E-state index in [1.165, 1.54) is 24.1 Å². The van der Waals surface area contributed by atoms with Crippen LogP contribution in [-0.2, 0) is 9.59 Å². The fourth-order valence-corrected chi connectivity index (χ4v) is 6.56. The summed E-state index contributed by atoms with van der Waals surface area (Å²) in [7, 11) is 0. The molecule has 32 heavy (non-hydrogen) atoms. The van der Waals surface area contributed by atoms with Crippen LogP contribution in [0.1, 0.15) is 54.3 Å².